The van der Waals surface area contributed by atoms with Crippen LogP contribution in [-0.4, -0.2) is 0 Å². The van der Waals surface area contributed by atoms with E-state index in [9.17, 15) is 0 Å². The average Bonchev–Trinajstić information content (AvgIpc) is 2.17. The summed E-state index contributed by atoms with van der Waals surface area (Å²) in [5, 5.41) is 0. The Labute approximate surface area is 95.1 Å². The van der Waals surface area contributed by atoms with E-state index in [1.165, 1.54) is 19.3 Å². The minimum absolute atomic E-state index is 0.826. The lowest BCUT2D eigenvalue weighted by Gasteiger charge is -2.45. The summed E-state index contributed by atoms with van der Waals surface area (Å²) in [7, 11) is 0. The highest BCUT2D eigenvalue weighted by atomic mass is 14.4. The van der Waals surface area contributed by atoms with E-state index in [0.29, 0.717) is 0 Å². The highest BCUT2D eigenvalue weighted by molar-refractivity contribution is 5.06. The van der Waals surface area contributed by atoms with Gasteiger partial charge in [-0.2, -0.15) is 0 Å². The Hall–Kier alpha value is -0.260. The highest BCUT2D eigenvalue weighted by Crippen LogP contribution is 2.47. The summed E-state index contributed by atoms with van der Waals surface area (Å²) in [5.74, 6) is 5.44. The maximum atomic E-state index is 2.52. The predicted octanol–water partition coefficient (Wildman–Crippen LogP) is 4.52. The molecule has 0 aromatic carbocycles. The van der Waals surface area contributed by atoms with Crippen molar-refractivity contribution in [3.8, 4) is 0 Å². The van der Waals surface area contributed by atoms with E-state index >= 15 is 0 Å². The molecule has 0 spiro atoms. The van der Waals surface area contributed by atoms with Gasteiger partial charge in [0.05, 0.1) is 0 Å². The van der Waals surface area contributed by atoms with Gasteiger partial charge >= 0.3 is 0 Å². The van der Waals surface area contributed by atoms with Gasteiger partial charge in [0.1, 0.15) is 0 Å². The fourth-order valence-electron chi connectivity index (χ4n) is 3.85. The molecule has 86 valence electrons. The Morgan fingerprint density at radius 2 is 1.73 bits per heavy atom. The summed E-state index contributed by atoms with van der Waals surface area (Å²) in [6, 6.07) is 0. The lowest BCUT2D eigenvalue weighted by molar-refractivity contribution is 0.0883. The first-order valence-electron chi connectivity index (χ1n) is 6.78. The van der Waals surface area contributed by atoms with Crippen LogP contribution >= 0.6 is 0 Å². The second-order valence-electron chi connectivity index (χ2n) is 6.31. The van der Waals surface area contributed by atoms with Crippen LogP contribution in [0.2, 0.25) is 0 Å². The van der Waals surface area contributed by atoms with Gasteiger partial charge in [-0.25, -0.2) is 0 Å². The van der Waals surface area contributed by atoms with Gasteiger partial charge in [-0.3, -0.25) is 0 Å². The zero-order valence-electron chi connectivity index (χ0n) is 10.7. The van der Waals surface area contributed by atoms with Gasteiger partial charge in [0, 0.05) is 0 Å². The molecule has 0 bridgehead atoms. The third-order valence-corrected chi connectivity index (χ3v) is 4.79. The van der Waals surface area contributed by atoms with Crippen LogP contribution in [0.4, 0.5) is 0 Å². The molecule has 2 aliphatic carbocycles. The molecule has 1 fully saturated rings. The van der Waals surface area contributed by atoms with Crippen molar-refractivity contribution in [3.63, 3.8) is 0 Å². The molecule has 0 aromatic rings. The second kappa shape index (κ2) is 4.31. The normalized spacial score (nSPS) is 45.5. The quantitative estimate of drug-likeness (QED) is 0.553. The largest absolute Gasteiger partial charge is 0.0851 e. The van der Waals surface area contributed by atoms with Gasteiger partial charge in [-0.15, -0.1) is 0 Å². The van der Waals surface area contributed by atoms with Gasteiger partial charge in [0.15, 0.2) is 0 Å². The molecule has 15 heavy (non-hydrogen) atoms. The minimum Gasteiger partial charge on any atom is -0.0851 e. The molecule has 0 nitrogen and oxygen atoms in total. The summed E-state index contributed by atoms with van der Waals surface area (Å²) < 4.78 is 0. The van der Waals surface area contributed by atoms with E-state index < -0.39 is 0 Å². The van der Waals surface area contributed by atoms with Crippen LogP contribution in [-0.2, 0) is 0 Å². The molecule has 2 rings (SSSR count). The van der Waals surface area contributed by atoms with Crippen LogP contribution in [0.25, 0.3) is 0 Å². The number of hydrogen-bond acceptors (Lipinski definition) is 0. The van der Waals surface area contributed by atoms with Crippen molar-refractivity contribution in [1.82, 2.24) is 0 Å². The number of hydrogen-bond donors (Lipinski definition) is 0. The van der Waals surface area contributed by atoms with Crippen molar-refractivity contribution < 1.29 is 0 Å². The van der Waals surface area contributed by atoms with Crippen molar-refractivity contribution >= 4 is 0 Å². The zero-order chi connectivity index (χ0) is 11.0. The Balaban J connectivity index is 2.18. The smallest absolute Gasteiger partial charge is 0.0179 e. The molecule has 0 N–H and O–H groups in total. The van der Waals surface area contributed by atoms with Crippen LogP contribution in [0.3, 0.4) is 0 Å². The average molecular weight is 206 g/mol. The molecular formula is C15H26. The van der Waals surface area contributed by atoms with E-state index in [0.717, 1.165) is 35.5 Å². The fraction of sp³-hybridized carbons (Fsp3) is 0.867. The first-order chi connectivity index (χ1) is 7.09. The number of allylic oxidation sites excluding steroid dienone is 2. The SMILES string of the molecule is CC(C)[C@@H]1C=C[C@H](C)[C@@H]2CC[C@H](C)C[C@H]21. The summed E-state index contributed by atoms with van der Waals surface area (Å²) in [4.78, 5) is 0. The van der Waals surface area contributed by atoms with Crippen molar-refractivity contribution in [1.29, 1.82) is 0 Å². The lowest BCUT2D eigenvalue weighted by atomic mass is 9.60. The summed E-state index contributed by atoms with van der Waals surface area (Å²) >= 11 is 0. The predicted molar refractivity (Wildman–Crippen MR) is 66.6 cm³/mol. The van der Waals surface area contributed by atoms with E-state index in [-0.39, 0.29) is 0 Å². The minimum atomic E-state index is 0.826. The van der Waals surface area contributed by atoms with E-state index in [2.05, 4.69) is 39.8 Å². The molecule has 0 saturated heterocycles. The summed E-state index contributed by atoms with van der Waals surface area (Å²) in [6.45, 7) is 9.64. The number of fused-ring (bicyclic) bond motifs is 1. The van der Waals surface area contributed by atoms with Crippen molar-refractivity contribution in [2.45, 2.75) is 47.0 Å². The summed E-state index contributed by atoms with van der Waals surface area (Å²) in [5.41, 5.74) is 0. The Bertz CT molecular complexity index is 238. The lowest BCUT2D eigenvalue weighted by Crippen LogP contribution is -2.37. The molecule has 0 radical (unpaired) electrons. The van der Waals surface area contributed by atoms with Gasteiger partial charge in [0.25, 0.3) is 0 Å². The van der Waals surface area contributed by atoms with Crippen molar-refractivity contribution in [3.05, 3.63) is 12.2 Å². The molecule has 0 aromatic heterocycles. The fourth-order valence-corrected chi connectivity index (χ4v) is 3.85. The van der Waals surface area contributed by atoms with Crippen molar-refractivity contribution in [2.75, 3.05) is 0 Å². The molecule has 2 aliphatic rings. The van der Waals surface area contributed by atoms with E-state index in [4.69, 9.17) is 0 Å². The highest BCUT2D eigenvalue weighted by Gasteiger charge is 2.38. The maximum Gasteiger partial charge on any atom is -0.0179 e. The molecular weight excluding hydrogens is 180 g/mol. The topological polar surface area (TPSA) is 0 Å². The van der Waals surface area contributed by atoms with E-state index in [1.807, 2.05) is 0 Å². The standard InChI is InChI=1S/C15H26/c1-10(2)13-8-6-12(4)14-7-5-11(3)9-15(13)14/h6,8,10-15H,5,7,9H2,1-4H3/t11-,12-,13-,14-,15-/m0/s1. The molecule has 0 amide bonds. The van der Waals surface area contributed by atoms with Gasteiger partial charge < -0.3 is 0 Å². The van der Waals surface area contributed by atoms with Crippen LogP contribution in [0.1, 0.15) is 47.0 Å². The molecule has 0 unspecified atom stereocenters. The molecule has 0 heterocycles. The van der Waals surface area contributed by atoms with Crippen LogP contribution < -0.4 is 0 Å². The molecule has 0 heteroatoms. The first kappa shape index (κ1) is 11.2. The monoisotopic (exact) mass is 206 g/mol. The molecule has 1 saturated carbocycles. The van der Waals surface area contributed by atoms with Gasteiger partial charge in [-0.1, -0.05) is 46.3 Å². The van der Waals surface area contributed by atoms with Crippen LogP contribution in [0, 0.1) is 35.5 Å². The van der Waals surface area contributed by atoms with Gasteiger partial charge in [-0.05, 0) is 48.3 Å². The first-order valence-corrected chi connectivity index (χ1v) is 6.78. The van der Waals surface area contributed by atoms with Crippen LogP contribution in [0.5, 0.6) is 0 Å². The second-order valence-corrected chi connectivity index (χ2v) is 6.31. The molecule has 5 atom stereocenters. The molecule has 0 aliphatic heterocycles. The third kappa shape index (κ3) is 2.14. The number of rotatable bonds is 1. The Morgan fingerprint density at radius 1 is 1.00 bits per heavy atom. The van der Waals surface area contributed by atoms with E-state index in [1.54, 1.807) is 0 Å². The van der Waals surface area contributed by atoms with Crippen molar-refractivity contribution in [2.24, 2.45) is 35.5 Å². The third-order valence-electron chi connectivity index (χ3n) is 4.79. The Morgan fingerprint density at radius 3 is 2.40 bits per heavy atom. The van der Waals surface area contributed by atoms with Crippen LogP contribution in [0.15, 0.2) is 12.2 Å². The zero-order valence-corrected chi connectivity index (χ0v) is 10.7. The maximum absolute atomic E-state index is 2.52. The van der Waals surface area contributed by atoms with Gasteiger partial charge in [0.2, 0.25) is 0 Å². The Kier molecular flexibility index (Phi) is 3.23. The summed E-state index contributed by atoms with van der Waals surface area (Å²) in [6.07, 6.45) is 9.42.